The number of phenols is 1. The van der Waals surface area contributed by atoms with Gasteiger partial charge in [0.25, 0.3) is 0 Å². The topological polar surface area (TPSA) is 35.8 Å². The summed E-state index contributed by atoms with van der Waals surface area (Å²) in [5.41, 5.74) is 4.16. The minimum absolute atomic E-state index is 0.190. The van der Waals surface area contributed by atoms with Gasteiger partial charge in [0, 0.05) is 23.2 Å². The number of hydrogen-bond donors (Lipinski definition) is 1. The second kappa shape index (κ2) is 8.23. The standard InChI is InChI=1S/C25H20N2O/c28-25-20(19-26-21-12-4-1-5-13-21)11-10-18-24(25)27(22-14-6-2-7-15-22)23-16-8-3-9-17-23/h1-19,28H/b26-19+. The van der Waals surface area contributed by atoms with Gasteiger partial charge in [0.15, 0.2) is 0 Å². The molecule has 0 heterocycles. The maximum absolute atomic E-state index is 11.0. The number of nitrogens with zero attached hydrogens (tertiary/aromatic N) is 2. The first kappa shape index (κ1) is 17.6. The van der Waals surface area contributed by atoms with E-state index < -0.39 is 0 Å². The van der Waals surface area contributed by atoms with Crippen LogP contribution in [0.5, 0.6) is 5.75 Å². The highest BCUT2D eigenvalue weighted by molar-refractivity contribution is 5.91. The molecule has 0 saturated carbocycles. The molecular weight excluding hydrogens is 344 g/mol. The largest absolute Gasteiger partial charge is 0.505 e. The Bertz CT molecular complexity index is 1020. The zero-order chi connectivity index (χ0) is 19.2. The van der Waals surface area contributed by atoms with E-state index in [0.717, 1.165) is 17.1 Å². The normalized spacial score (nSPS) is 10.9. The predicted octanol–water partition coefficient (Wildman–Crippen LogP) is 6.61. The lowest BCUT2D eigenvalue weighted by atomic mass is 10.1. The van der Waals surface area contributed by atoms with Crippen LogP contribution in [0.3, 0.4) is 0 Å². The molecule has 4 rings (SSSR count). The van der Waals surface area contributed by atoms with E-state index in [-0.39, 0.29) is 5.75 Å². The van der Waals surface area contributed by atoms with E-state index in [1.54, 1.807) is 6.21 Å². The number of para-hydroxylation sites is 4. The third-order valence-corrected chi connectivity index (χ3v) is 4.42. The van der Waals surface area contributed by atoms with E-state index in [1.807, 2.05) is 114 Å². The summed E-state index contributed by atoms with van der Waals surface area (Å²) >= 11 is 0. The van der Waals surface area contributed by atoms with Gasteiger partial charge in [-0.25, -0.2) is 0 Å². The Morgan fingerprint density at radius 1 is 0.607 bits per heavy atom. The molecule has 0 amide bonds. The zero-order valence-corrected chi connectivity index (χ0v) is 15.3. The van der Waals surface area contributed by atoms with Crippen molar-refractivity contribution in [1.29, 1.82) is 0 Å². The maximum Gasteiger partial charge on any atom is 0.148 e. The first-order valence-corrected chi connectivity index (χ1v) is 9.14. The van der Waals surface area contributed by atoms with E-state index in [4.69, 9.17) is 0 Å². The van der Waals surface area contributed by atoms with Crippen LogP contribution in [0.4, 0.5) is 22.7 Å². The van der Waals surface area contributed by atoms with E-state index in [2.05, 4.69) is 4.99 Å². The molecule has 3 heteroatoms. The molecule has 0 aliphatic heterocycles. The monoisotopic (exact) mass is 364 g/mol. The van der Waals surface area contributed by atoms with Crippen molar-refractivity contribution < 1.29 is 5.11 Å². The summed E-state index contributed by atoms with van der Waals surface area (Å²) in [6.45, 7) is 0. The van der Waals surface area contributed by atoms with Crippen molar-refractivity contribution in [3.63, 3.8) is 0 Å². The minimum Gasteiger partial charge on any atom is -0.505 e. The van der Waals surface area contributed by atoms with Crippen LogP contribution in [-0.4, -0.2) is 11.3 Å². The molecule has 0 spiro atoms. The predicted molar refractivity (Wildman–Crippen MR) is 116 cm³/mol. The van der Waals surface area contributed by atoms with E-state index in [1.165, 1.54) is 0 Å². The van der Waals surface area contributed by atoms with Gasteiger partial charge in [0.2, 0.25) is 0 Å². The summed E-state index contributed by atoms with van der Waals surface area (Å²) in [7, 11) is 0. The van der Waals surface area contributed by atoms with Crippen LogP contribution in [0.15, 0.2) is 114 Å². The molecule has 0 aliphatic carbocycles. The third kappa shape index (κ3) is 3.79. The number of aromatic hydroxyl groups is 1. The van der Waals surface area contributed by atoms with Crippen LogP contribution in [0.2, 0.25) is 0 Å². The van der Waals surface area contributed by atoms with Crippen molar-refractivity contribution in [2.24, 2.45) is 4.99 Å². The Kier molecular flexibility index (Phi) is 5.16. The maximum atomic E-state index is 11.0. The molecule has 0 aromatic heterocycles. The lowest BCUT2D eigenvalue weighted by Gasteiger charge is -2.26. The van der Waals surface area contributed by atoms with Crippen LogP contribution in [0.25, 0.3) is 0 Å². The average Bonchev–Trinajstić information content (AvgIpc) is 2.76. The van der Waals surface area contributed by atoms with Crippen LogP contribution in [0, 0.1) is 0 Å². The van der Waals surface area contributed by atoms with Gasteiger partial charge in [-0.2, -0.15) is 0 Å². The van der Waals surface area contributed by atoms with E-state index in [0.29, 0.717) is 11.3 Å². The summed E-state index contributed by atoms with van der Waals surface area (Å²) in [5, 5.41) is 11.0. The highest BCUT2D eigenvalue weighted by Crippen LogP contribution is 2.40. The second-order valence-corrected chi connectivity index (χ2v) is 6.32. The molecule has 4 aromatic rings. The highest BCUT2D eigenvalue weighted by Gasteiger charge is 2.17. The van der Waals surface area contributed by atoms with E-state index >= 15 is 0 Å². The Hall–Kier alpha value is -3.85. The van der Waals surface area contributed by atoms with Gasteiger partial charge < -0.3 is 10.0 Å². The summed E-state index contributed by atoms with van der Waals surface area (Å²) in [6.07, 6.45) is 1.70. The summed E-state index contributed by atoms with van der Waals surface area (Å²) in [6, 6.07) is 35.4. The smallest absolute Gasteiger partial charge is 0.148 e. The van der Waals surface area contributed by atoms with Gasteiger partial charge in [-0.3, -0.25) is 4.99 Å². The number of benzene rings is 4. The Morgan fingerprint density at radius 2 is 1.14 bits per heavy atom. The lowest BCUT2D eigenvalue weighted by molar-refractivity contribution is 0.475. The zero-order valence-electron chi connectivity index (χ0n) is 15.3. The van der Waals surface area contributed by atoms with Crippen molar-refractivity contribution in [3.05, 3.63) is 115 Å². The molecule has 0 fully saturated rings. The molecule has 0 atom stereocenters. The van der Waals surface area contributed by atoms with Gasteiger partial charge in [0.05, 0.1) is 11.4 Å². The molecule has 0 aliphatic rings. The van der Waals surface area contributed by atoms with Crippen LogP contribution in [-0.2, 0) is 0 Å². The first-order valence-electron chi connectivity index (χ1n) is 9.14. The lowest BCUT2D eigenvalue weighted by Crippen LogP contribution is -2.10. The molecule has 0 saturated heterocycles. The Balaban J connectivity index is 1.78. The van der Waals surface area contributed by atoms with Crippen LogP contribution in [0.1, 0.15) is 5.56 Å². The minimum atomic E-state index is 0.190. The Morgan fingerprint density at radius 3 is 1.71 bits per heavy atom. The second-order valence-electron chi connectivity index (χ2n) is 6.32. The van der Waals surface area contributed by atoms with Gasteiger partial charge in [-0.05, 0) is 48.5 Å². The van der Waals surface area contributed by atoms with Gasteiger partial charge in [-0.1, -0.05) is 60.7 Å². The van der Waals surface area contributed by atoms with Crippen molar-refractivity contribution in [1.82, 2.24) is 0 Å². The molecule has 0 unspecified atom stereocenters. The summed E-state index contributed by atoms with van der Waals surface area (Å²) in [4.78, 5) is 6.52. The first-order chi connectivity index (χ1) is 13.8. The fraction of sp³-hybridized carbons (Fsp3) is 0. The van der Waals surface area contributed by atoms with E-state index in [9.17, 15) is 5.11 Å². The van der Waals surface area contributed by atoms with Gasteiger partial charge >= 0.3 is 0 Å². The summed E-state index contributed by atoms with van der Waals surface area (Å²) < 4.78 is 0. The number of rotatable bonds is 5. The van der Waals surface area contributed by atoms with Crippen molar-refractivity contribution in [2.75, 3.05) is 4.90 Å². The fourth-order valence-electron chi connectivity index (χ4n) is 3.07. The highest BCUT2D eigenvalue weighted by atomic mass is 16.3. The number of anilines is 3. The van der Waals surface area contributed by atoms with Crippen LogP contribution >= 0.6 is 0 Å². The SMILES string of the molecule is Oc1c(/C=N/c2ccccc2)cccc1N(c1ccccc1)c1ccccc1. The average molecular weight is 364 g/mol. The molecule has 3 nitrogen and oxygen atoms in total. The molecule has 1 N–H and O–H groups in total. The summed E-state index contributed by atoms with van der Waals surface area (Å²) in [5.74, 6) is 0.190. The number of aliphatic imine (C=N–C) groups is 1. The van der Waals surface area contributed by atoms with Crippen molar-refractivity contribution in [3.8, 4) is 5.75 Å². The Labute approximate surface area is 164 Å². The molecule has 0 bridgehead atoms. The van der Waals surface area contributed by atoms with Crippen LogP contribution < -0.4 is 4.90 Å². The van der Waals surface area contributed by atoms with Crippen molar-refractivity contribution in [2.45, 2.75) is 0 Å². The fourth-order valence-corrected chi connectivity index (χ4v) is 3.07. The molecule has 28 heavy (non-hydrogen) atoms. The molecular formula is C25H20N2O. The van der Waals surface area contributed by atoms with Crippen molar-refractivity contribution >= 4 is 29.0 Å². The number of phenolic OH excluding ortho intramolecular Hbond substituents is 1. The third-order valence-electron chi connectivity index (χ3n) is 4.42. The molecule has 136 valence electrons. The van der Waals surface area contributed by atoms with Gasteiger partial charge in [0.1, 0.15) is 5.75 Å². The molecule has 4 aromatic carbocycles. The quantitative estimate of drug-likeness (QED) is 0.404. The van der Waals surface area contributed by atoms with Gasteiger partial charge in [-0.15, -0.1) is 0 Å². The number of hydrogen-bond acceptors (Lipinski definition) is 3. The molecule has 0 radical (unpaired) electrons.